The van der Waals surface area contributed by atoms with Crippen LogP contribution in [0.5, 0.6) is 6.01 Å². The predicted molar refractivity (Wildman–Crippen MR) is 186 cm³/mol. The molecule has 0 N–H and O–H groups in total. The van der Waals surface area contributed by atoms with Crippen LogP contribution in [0.1, 0.15) is 24.3 Å². The molecule has 0 aliphatic carbocycles. The molecule has 51 heavy (non-hydrogen) atoms. The molecule has 3 atom stereocenters. The number of aromatic nitrogens is 6. The van der Waals surface area contributed by atoms with E-state index in [1.54, 1.807) is 29.4 Å². The predicted octanol–water partition coefficient (Wildman–Crippen LogP) is 5.08. The number of thiazole rings is 1. The number of amides is 1. The number of halogens is 3. The molecule has 3 aliphatic heterocycles. The summed E-state index contributed by atoms with van der Waals surface area (Å²) in [6.07, 6.45) is 6.91. The topological polar surface area (TPSA) is 110 Å². The van der Waals surface area contributed by atoms with Crippen LogP contribution in [0, 0.1) is 12.4 Å². The zero-order valence-electron chi connectivity index (χ0n) is 27.7. The highest BCUT2D eigenvalue weighted by Crippen LogP contribution is 2.41. The summed E-state index contributed by atoms with van der Waals surface area (Å²) in [7, 11) is 1.78. The van der Waals surface area contributed by atoms with E-state index in [0.717, 1.165) is 30.8 Å². The minimum absolute atomic E-state index is 0.0209. The van der Waals surface area contributed by atoms with Gasteiger partial charge >= 0.3 is 6.01 Å². The molecule has 12 nitrogen and oxygen atoms in total. The summed E-state index contributed by atoms with van der Waals surface area (Å²) in [5, 5.41) is 7.50. The number of carbonyl (C=O) groups excluding carboxylic acids is 1. The highest BCUT2D eigenvalue weighted by molar-refractivity contribution is 7.10. The number of nitrogens with zero attached hydrogens (tertiary/aromatic N) is 10. The largest absolute Gasteiger partial charge is 0.461 e. The van der Waals surface area contributed by atoms with Crippen molar-refractivity contribution in [2.75, 3.05) is 50.8 Å². The van der Waals surface area contributed by atoms with Crippen molar-refractivity contribution in [3.8, 4) is 17.3 Å². The first kappa shape index (κ1) is 33.0. The molecule has 262 valence electrons. The highest BCUT2D eigenvalue weighted by Gasteiger charge is 2.49. The number of aryl methyl sites for hydroxylation is 1. The van der Waals surface area contributed by atoms with Gasteiger partial charge in [0.05, 0.1) is 22.6 Å². The van der Waals surface area contributed by atoms with Crippen molar-refractivity contribution in [3.05, 3.63) is 70.2 Å². The molecule has 0 bridgehead atoms. The Morgan fingerprint density at radius 3 is 2.90 bits per heavy atom. The summed E-state index contributed by atoms with van der Waals surface area (Å²) in [6, 6.07) is 4.70. The van der Waals surface area contributed by atoms with Gasteiger partial charge in [-0.1, -0.05) is 18.2 Å². The summed E-state index contributed by atoms with van der Waals surface area (Å²) >= 11 is 1.20. The van der Waals surface area contributed by atoms with Gasteiger partial charge in [-0.05, 0) is 19.4 Å². The number of piperazine rings is 1. The Balaban J connectivity index is 1.17. The maximum Gasteiger partial charge on any atom is 0.319 e. The fourth-order valence-corrected chi connectivity index (χ4v) is 8.33. The van der Waals surface area contributed by atoms with Crippen molar-refractivity contribution in [2.45, 2.75) is 37.0 Å². The average molecular weight is 715 g/mol. The number of hydrogen-bond donors (Lipinski definition) is 0. The second-order valence-corrected chi connectivity index (χ2v) is 14.1. The monoisotopic (exact) mass is 714 g/mol. The van der Waals surface area contributed by atoms with Crippen molar-refractivity contribution in [2.24, 2.45) is 7.05 Å². The molecule has 0 saturated carbocycles. The van der Waals surface area contributed by atoms with Gasteiger partial charge in [-0.15, -0.1) is 11.3 Å². The molecule has 0 unspecified atom stereocenters. The minimum Gasteiger partial charge on any atom is -0.461 e. The first-order chi connectivity index (χ1) is 24.7. The molecule has 8 rings (SSSR count). The van der Waals surface area contributed by atoms with Crippen LogP contribution >= 0.6 is 11.3 Å². The third-order valence-corrected chi connectivity index (χ3v) is 10.9. The van der Waals surface area contributed by atoms with Crippen molar-refractivity contribution in [3.63, 3.8) is 0 Å². The van der Waals surface area contributed by atoms with E-state index in [4.69, 9.17) is 16.3 Å². The quantitative estimate of drug-likeness (QED) is 0.161. The molecule has 3 aliphatic rings. The van der Waals surface area contributed by atoms with Gasteiger partial charge in [0, 0.05) is 74.4 Å². The van der Waals surface area contributed by atoms with Crippen molar-refractivity contribution in [1.29, 1.82) is 0 Å². The Morgan fingerprint density at radius 1 is 1.20 bits per heavy atom. The van der Waals surface area contributed by atoms with Gasteiger partial charge in [-0.25, -0.2) is 24.7 Å². The van der Waals surface area contributed by atoms with E-state index >= 15 is 8.78 Å². The lowest BCUT2D eigenvalue weighted by Gasteiger charge is -2.39. The van der Waals surface area contributed by atoms with Crippen LogP contribution in [0.15, 0.2) is 48.0 Å². The second-order valence-electron chi connectivity index (χ2n) is 13.2. The number of pyridine rings is 1. The SMILES string of the molecule is [C-]#[N+]C[C@H]1CN(c2nc(OC[C@@]34CCCN3C[C@H](F)C4)nc3c(F)c(-c4cccc5cnn(C)c45)ncc23)CCN1C(=O)/C(F)=C/c1nccs1. The molecule has 5 aromatic rings. The number of ether oxygens (including phenoxy) is 1. The summed E-state index contributed by atoms with van der Waals surface area (Å²) < 4.78 is 54.4. The molecule has 0 spiro atoms. The van der Waals surface area contributed by atoms with Gasteiger partial charge in [0.15, 0.2) is 11.6 Å². The molecular formula is C35H33F3N10O2S. The van der Waals surface area contributed by atoms with Gasteiger partial charge in [0.25, 0.3) is 5.91 Å². The summed E-state index contributed by atoms with van der Waals surface area (Å²) in [5.41, 5.74) is 0.806. The van der Waals surface area contributed by atoms with Crippen LogP contribution in [-0.2, 0) is 11.8 Å². The van der Waals surface area contributed by atoms with Gasteiger partial charge in [0.1, 0.15) is 40.9 Å². The fourth-order valence-electron chi connectivity index (χ4n) is 7.78. The standard InChI is InChI=1S/C35H33F3N10O2S/c1-39-16-23-19-46(10-11-48(23)33(49)26(37)13-27-40-8-12-51-27)32-25-17-41-29(24-6-3-5-21-15-42-45(2)31(21)24)28(38)30(25)43-34(44-32)50-20-35-7-4-9-47(35)18-22(36)14-35/h3,5-6,8,12-13,15,17,22-23H,4,7,9-11,14,16,18-20H2,2H3/b26-13-/t22-,23+,35+/m1/s1. The number of hydrogen-bond acceptors (Lipinski definition) is 10. The van der Waals surface area contributed by atoms with Crippen molar-refractivity contribution in [1.82, 2.24) is 39.5 Å². The number of carbonyl (C=O) groups is 1. The van der Waals surface area contributed by atoms with E-state index in [1.807, 2.05) is 17.0 Å². The number of para-hydroxylation sites is 1. The van der Waals surface area contributed by atoms with Gasteiger partial charge < -0.3 is 19.4 Å². The van der Waals surface area contributed by atoms with Crippen LogP contribution < -0.4 is 9.64 Å². The highest BCUT2D eigenvalue weighted by atomic mass is 32.1. The molecule has 1 aromatic carbocycles. The Morgan fingerprint density at radius 2 is 2.08 bits per heavy atom. The fraction of sp³-hybridized carbons (Fsp3) is 0.400. The Bertz CT molecular complexity index is 2210. The number of fused-ring (bicyclic) bond motifs is 3. The first-order valence-corrected chi connectivity index (χ1v) is 17.6. The lowest BCUT2D eigenvalue weighted by molar-refractivity contribution is -0.130. The van der Waals surface area contributed by atoms with Gasteiger partial charge in [0.2, 0.25) is 6.54 Å². The maximum absolute atomic E-state index is 16.8. The van der Waals surface area contributed by atoms with Crippen LogP contribution in [0.25, 0.3) is 44.0 Å². The number of benzene rings is 1. The molecule has 3 fully saturated rings. The third kappa shape index (κ3) is 5.93. The molecule has 1 amide bonds. The second kappa shape index (κ2) is 13.2. The van der Waals surface area contributed by atoms with E-state index in [1.165, 1.54) is 28.6 Å². The van der Waals surface area contributed by atoms with Crippen LogP contribution in [-0.4, -0.2) is 109 Å². The summed E-state index contributed by atoms with van der Waals surface area (Å²) in [6.45, 7) is 9.15. The smallest absolute Gasteiger partial charge is 0.319 e. The zero-order chi connectivity index (χ0) is 35.3. The van der Waals surface area contributed by atoms with Gasteiger partial charge in [-0.2, -0.15) is 15.1 Å². The number of rotatable bonds is 8. The summed E-state index contributed by atoms with van der Waals surface area (Å²) in [4.78, 5) is 40.0. The van der Waals surface area contributed by atoms with E-state index < -0.39 is 35.3 Å². The molecule has 0 radical (unpaired) electrons. The molecule has 7 heterocycles. The van der Waals surface area contributed by atoms with E-state index in [9.17, 15) is 9.18 Å². The van der Waals surface area contributed by atoms with Crippen molar-refractivity contribution < 1.29 is 22.7 Å². The number of anilines is 1. The van der Waals surface area contributed by atoms with Crippen LogP contribution in [0.4, 0.5) is 19.0 Å². The van der Waals surface area contributed by atoms with Crippen LogP contribution in [0.3, 0.4) is 0 Å². The van der Waals surface area contributed by atoms with E-state index in [0.29, 0.717) is 40.3 Å². The molecular weight excluding hydrogens is 682 g/mol. The Kier molecular flexibility index (Phi) is 8.55. The molecule has 4 aromatic heterocycles. The molecule has 3 saturated heterocycles. The Hall–Kier alpha value is -5.14. The number of alkyl halides is 1. The lowest BCUT2D eigenvalue weighted by Crippen LogP contribution is -2.56. The maximum atomic E-state index is 16.8. The minimum atomic E-state index is -0.971. The third-order valence-electron chi connectivity index (χ3n) is 10.1. The van der Waals surface area contributed by atoms with Crippen LogP contribution in [0.2, 0.25) is 0 Å². The molecule has 16 heteroatoms. The van der Waals surface area contributed by atoms with Gasteiger partial charge in [-0.3, -0.25) is 19.4 Å². The van der Waals surface area contributed by atoms with Crippen molar-refractivity contribution >= 4 is 50.9 Å². The lowest BCUT2D eigenvalue weighted by atomic mass is 9.95. The van der Waals surface area contributed by atoms with E-state index in [-0.39, 0.29) is 50.0 Å². The zero-order valence-corrected chi connectivity index (χ0v) is 28.5. The average Bonchev–Trinajstić information content (AvgIpc) is 3.93. The first-order valence-electron chi connectivity index (χ1n) is 16.7. The summed E-state index contributed by atoms with van der Waals surface area (Å²) in [5.74, 6) is -2.18. The Labute approximate surface area is 295 Å². The van der Waals surface area contributed by atoms with E-state index in [2.05, 4.69) is 29.8 Å². The normalized spacial score (nSPS) is 22.5.